The third-order valence-electron chi connectivity index (χ3n) is 2.59. The second kappa shape index (κ2) is 6.23. The summed E-state index contributed by atoms with van der Waals surface area (Å²) < 4.78 is 0. The van der Waals surface area contributed by atoms with Crippen molar-refractivity contribution in [3.05, 3.63) is 27.5 Å². The molecule has 0 atom stereocenters. The first-order valence-electron chi connectivity index (χ1n) is 6.20. The van der Waals surface area contributed by atoms with Crippen LogP contribution in [0.3, 0.4) is 0 Å². The van der Waals surface area contributed by atoms with Crippen LogP contribution in [-0.2, 0) is 11.3 Å². The predicted molar refractivity (Wildman–Crippen MR) is 72.6 cm³/mol. The quantitative estimate of drug-likeness (QED) is 0.740. The number of aromatic amines is 1. The van der Waals surface area contributed by atoms with Gasteiger partial charge in [0.25, 0.3) is 0 Å². The van der Waals surface area contributed by atoms with E-state index in [0.717, 1.165) is 5.69 Å². The summed E-state index contributed by atoms with van der Waals surface area (Å²) in [6, 6.07) is 1.54. The van der Waals surface area contributed by atoms with Crippen LogP contribution in [0.25, 0.3) is 0 Å². The standard InChI is InChI=1S/C13H21N3O2/c1-5-14-12-10(7-15-13(18)8(2)3)11(17)6-9(4)16-12/h6,8H,5,7H2,1-4H3,(H,15,18)(H2,14,16,17). The van der Waals surface area contributed by atoms with E-state index in [1.54, 1.807) is 0 Å². The zero-order valence-electron chi connectivity index (χ0n) is 11.4. The third-order valence-corrected chi connectivity index (χ3v) is 2.59. The smallest absolute Gasteiger partial charge is 0.222 e. The molecule has 5 nitrogen and oxygen atoms in total. The van der Waals surface area contributed by atoms with E-state index in [2.05, 4.69) is 15.6 Å². The number of pyridine rings is 1. The largest absolute Gasteiger partial charge is 0.372 e. The van der Waals surface area contributed by atoms with Gasteiger partial charge in [-0.2, -0.15) is 0 Å². The van der Waals surface area contributed by atoms with Crippen molar-refractivity contribution in [1.29, 1.82) is 0 Å². The van der Waals surface area contributed by atoms with Crippen molar-refractivity contribution in [2.45, 2.75) is 34.2 Å². The lowest BCUT2D eigenvalue weighted by Gasteiger charge is -2.13. The molecule has 0 aliphatic carbocycles. The highest BCUT2D eigenvalue weighted by Gasteiger charge is 2.11. The number of anilines is 1. The second-order valence-electron chi connectivity index (χ2n) is 4.57. The summed E-state index contributed by atoms with van der Waals surface area (Å²) in [4.78, 5) is 26.5. The van der Waals surface area contributed by atoms with Gasteiger partial charge in [-0.15, -0.1) is 0 Å². The first-order chi connectivity index (χ1) is 8.45. The first-order valence-corrected chi connectivity index (χ1v) is 6.20. The maximum Gasteiger partial charge on any atom is 0.222 e. The lowest BCUT2D eigenvalue weighted by atomic mass is 10.2. The fourth-order valence-electron chi connectivity index (χ4n) is 1.60. The Morgan fingerprint density at radius 3 is 2.67 bits per heavy atom. The molecule has 3 N–H and O–H groups in total. The summed E-state index contributed by atoms with van der Waals surface area (Å²) in [7, 11) is 0. The Morgan fingerprint density at radius 1 is 1.44 bits per heavy atom. The lowest BCUT2D eigenvalue weighted by Crippen LogP contribution is -2.30. The van der Waals surface area contributed by atoms with Crippen molar-refractivity contribution in [3.63, 3.8) is 0 Å². The van der Waals surface area contributed by atoms with Crippen molar-refractivity contribution >= 4 is 11.7 Å². The van der Waals surface area contributed by atoms with Crippen LogP contribution in [0.4, 0.5) is 5.82 Å². The number of amides is 1. The minimum atomic E-state index is -0.0860. The molecule has 5 heteroatoms. The third kappa shape index (κ3) is 3.61. The number of aryl methyl sites for hydroxylation is 1. The Hall–Kier alpha value is -1.78. The van der Waals surface area contributed by atoms with Crippen LogP contribution in [0.5, 0.6) is 0 Å². The molecule has 0 bridgehead atoms. The zero-order valence-corrected chi connectivity index (χ0v) is 11.4. The Kier molecular flexibility index (Phi) is 4.95. The predicted octanol–water partition coefficient (Wildman–Crippen LogP) is 1.39. The highest BCUT2D eigenvalue weighted by atomic mass is 16.1. The van der Waals surface area contributed by atoms with Crippen molar-refractivity contribution in [2.24, 2.45) is 5.92 Å². The normalized spacial score (nSPS) is 10.5. The molecule has 0 aromatic carbocycles. The molecule has 1 amide bonds. The number of nitrogens with one attached hydrogen (secondary N) is 3. The van der Waals surface area contributed by atoms with Gasteiger partial charge < -0.3 is 15.6 Å². The molecular formula is C13H21N3O2. The van der Waals surface area contributed by atoms with Crippen LogP contribution < -0.4 is 16.1 Å². The Labute approximate surface area is 107 Å². The van der Waals surface area contributed by atoms with Crippen molar-refractivity contribution < 1.29 is 4.79 Å². The number of carbonyl (C=O) groups excluding carboxylic acids is 1. The van der Waals surface area contributed by atoms with Gasteiger partial charge in [0.15, 0.2) is 5.43 Å². The van der Waals surface area contributed by atoms with E-state index in [4.69, 9.17) is 0 Å². The molecule has 1 heterocycles. The zero-order chi connectivity index (χ0) is 13.7. The minimum Gasteiger partial charge on any atom is -0.372 e. The minimum absolute atomic E-state index is 0.0579. The van der Waals surface area contributed by atoms with Crippen LogP contribution in [0.15, 0.2) is 10.9 Å². The summed E-state index contributed by atoms with van der Waals surface area (Å²) in [6.45, 7) is 8.38. The Morgan fingerprint density at radius 2 is 2.11 bits per heavy atom. The Bertz CT molecular complexity index is 478. The number of hydrogen-bond donors (Lipinski definition) is 3. The van der Waals surface area contributed by atoms with Gasteiger partial charge in [-0.25, -0.2) is 0 Å². The highest BCUT2D eigenvalue weighted by Crippen LogP contribution is 2.08. The lowest BCUT2D eigenvalue weighted by molar-refractivity contribution is -0.124. The molecule has 0 saturated carbocycles. The molecule has 0 aliphatic rings. The maximum absolute atomic E-state index is 11.9. The number of rotatable bonds is 5. The van der Waals surface area contributed by atoms with Gasteiger partial charge in [0.1, 0.15) is 5.82 Å². The summed E-state index contributed by atoms with van der Waals surface area (Å²) in [5.74, 6) is 0.543. The van der Waals surface area contributed by atoms with Crippen molar-refractivity contribution in [2.75, 3.05) is 11.9 Å². The van der Waals surface area contributed by atoms with Crippen LogP contribution >= 0.6 is 0 Å². The number of carbonyl (C=O) groups is 1. The van der Waals surface area contributed by atoms with Crippen molar-refractivity contribution in [1.82, 2.24) is 10.3 Å². The molecule has 1 aromatic heterocycles. The van der Waals surface area contributed by atoms with E-state index in [-0.39, 0.29) is 23.8 Å². The maximum atomic E-state index is 11.9. The van der Waals surface area contributed by atoms with Crippen LogP contribution in [0.1, 0.15) is 32.0 Å². The van der Waals surface area contributed by atoms with E-state index in [9.17, 15) is 9.59 Å². The van der Waals surface area contributed by atoms with Gasteiger partial charge in [-0.3, -0.25) is 9.59 Å². The molecule has 1 aromatic rings. The monoisotopic (exact) mass is 251 g/mol. The average Bonchev–Trinajstić information content (AvgIpc) is 2.27. The molecule has 0 aliphatic heterocycles. The summed E-state index contributed by atoms with van der Waals surface area (Å²) in [6.07, 6.45) is 0. The van der Waals surface area contributed by atoms with Gasteiger partial charge in [-0.05, 0) is 13.8 Å². The van der Waals surface area contributed by atoms with Gasteiger partial charge in [0.05, 0.1) is 12.1 Å². The SMILES string of the molecule is CCNc1[nH]c(C)cc(=O)c1CNC(=O)C(C)C. The fraction of sp³-hybridized carbons (Fsp3) is 0.538. The van der Waals surface area contributed by atoms with Gasteiger partial charge >= 0.3 is 0 Å². The molecule has 0 radical (unpaired) electrons. The fourth-order valence-corrected chi connectivity index (χ4v) is 1.60. The van der Waals surface area contributed by atoms with Gasteiger partial charge in [-0.1, -0.05) is 13.8 Å². The van der Waals surface area contributed by atoms with Gasteiger partial charge in [0, 0.05) is 24.2 Å². The topological polar surface area (TPSA) is 74.0 Å². The molecule has 0 fully saturated rings. The molecule has 100 valence electrons. The molecule has 1 rings (SSSR count). The van der Waals surface area contributed by atoms with E-state index in [0.29, 0.717) is 17.9 Å². The van der Waals surface area contributed by atoms with Gasteiger partial charge in [0.2, 0.25) is 5.91 Å². The second-order valence-corrected chi connectivity index (χ2v) is 4.57. The van der Waals surface area contributed by atoms with E-state index in [1.807, 2.05) is 27.7 Å². The molecule has 0 saturated heterocycles. The van der Waals surface area contributed by atoms with Crippen LogP contribution in [0.2, 0.25) is 0 Å². The number of hydrogen-bond acceptors (Lipinski definition) is 3. The number of H-pyrrole nitrogens is 1. The summed E-state index contributed by atoms with van der Waals surface area (Å²) >= 11 is 0. The molecular weight excluding hydrogens is 230 g/mol. The summed E-state index contributed by atoms with van der Waals surface area (Å²) in [5.41, 5.74) is 1.30. The van der Waals surface area contributed by atoms with E-state index < -0.39 is 0 Å². The molecule has 0 unspecified atom stereocenters. The highest BCUT2D eigenvalue weighted by molar-refractivity contribution is 5.77. The van der Waals surface area contributed by atoms with Crippen LogP contribution in [0, 0.1) is 12.8 Å². The van der Waals surface area contributed by atoms with Crippen molar-refractivity contribution in [3.8, 4) is 0 Å². The summed E-state index contributed by atoms with van der Waals surface area (Å²) in [5, 5.41) is 5.86. The molecule has 0 spiro atoms. The average molecular weight is 251 g/mol. The van der Waals surface area contributed by atoms with Crippen LogP contribution in [-0.4, -0.2) is 17.4 Å². The van der Waals surface area contributed by atoms with E-state index in [1.165, 1.54) is 6.07 Å². The van der Waals surface area contributed by atoms with E-state index >= 15 is 0 Å². The first kappa shape index (κ1) is 14.3. The Balaban J connectivity index is 2.93. The molecule has 18 heavy (non-hydrogen) atoms. The number of aromatic nitrogens is 1.